The zero-order valence-corrected chi connectivity index (χ0v) is 11.4. The first-order valence-corrected chi connectivity index (χ1v) is 7.87. The second kappa shape index (κ2) is 3.90. The van der Waals surface area contributed by atoms with Crippen LogP contribution in [0.3, 0.4) is 0 Å². The van der Waals surface area contributed by atoms with Gasteiger partial charge in [-0.15, -0.1) is 0 Å². The summed E-state index contributed by atoms with van der Waals surface area (Å²) in [5, 5.41) is 2.35. The van der Waals surface area contributed by atoms with Gasteiger partial charge in [0.25, 0.3) is 6.31 Å². The van der Waals surface area contributed by atoms with Gasteiger partial charge in [-0.2, -0.15) is 0 Å². The van der Waals surface area contributed by atoms with Gasteiger partial charge in [0.1, 0.15) is 0 Å². The summed E-state index contributed by atoms with van der Waals surface area (Å²) in [6.07, 6.45) is -0.697. The molecule has 0 radical (unpaired) electrons. The summed E-state index contributed by atoms with van der Waals surface area (Å²) >= 11 is 5.70. The lowest BCUT2D eigenvalue weighted by molar-refractivity contribution is 0.663. The monoisotopic (exact) mass is 259 g/mol. The fraction of sp³-hybridized carbons (Fsp3) is 0.143. The van der Waals surface area contributed by atoms with E-state index in [0.29, 0.717) is 0 Å². The van der Waals surface area contributed by atoms with Gasteiger partial charge < -0.3 is 4.42 Å². The average molecular weight is 259 g/mol. The molecule has 0 spiro atoms. The Morgan fingerprint density at radius 1 is 0.882 bits per heavy atom. The molecule has 0 atom stereocenters. The maximum atomic E-state index is 5.91. The summed E-state index contributed by atoms with van der Waals surface area (Å²) < 4.78 is 5.91. The Morgan fingerprint density at radius 2 is 1.35 bits per heavy atom. The molecule has 0 saturated carbocycles. The maximum absolute atomic E-state index is 5.91. The van der Waals surface area contributed by atoms with E-state index in [1.54, 1.807) is 0 Å². The summed E-state index contributed by atoms with van der Waals surface area (Å²) in [5.41, 5.74) is 4.32. The average Bonchev–Trinajstić information content (AvgIpc) is 2.32. The van der Waals surface area contributed by atoms with Crippen molar-refractivity contribution in [1.29, 1.82) is 0 Å². The molecule has 0 amide bonds. The van der Waals surface area contributed by atoms with Crippen molar-refractivity contribution in [3.8, 4) is 0 Å². The maximum Gasteiger partial charge on any atom is 0.258 e. The van der Waals surface area contributed by atoms with E-state index in [0.717, 1.165) is 11.2 Å². The van der Waals surface area contributed by atoms with E-state index in [2.05, 4.69) is 38.1 Å². The predicted molar refractivity (Wildman–Crippen MR) is 77.7 cm³/mol. The summed E-state index contributed by atoms with van der Waals surface area (Å²) in [6, 6.07) is 12.5. The second-order valence-corrected chi connectivity index (χ2v) is 6.99. The van der Waals surface area contributed by atoms with Crippen LogP contribution in [-0.2, 0) is 0 Å². The fourth-order valence-electron chi connectivity index (χ4n) is 1.99. The molecule has 0 saturated heterocycles. The minimum atomic E-state index is -0.697. The zero-order valence-electron chi connectivity index (χ0n) is 9.73. The molecule has 2 aromatic carbocycles. The third-order valence-electron chi connectivity index (χ3n) is 2.89. The lowest BCUT2D eigenvalue weighted by atomic mass is 10.2. The fourth-order valence-corrected chi connectivity index (χ4v) is 4.39. The van der Waals surface area contributed by atoms with Crippen LogP contribution < -0.4 is 0 Å². The molecule has 3 rings (SSSR count). The van der Waals surface area contributed by atoms with Gasteiger partial charge in [0.15, 0.2) is 23.0 Å². The molecule has 0 fully saturated rings. The van der Waals surface area contributed by atoms with Crippen LogP contribution >= 0.6 is 18.1 Å². The van der Waals surface area contributed by atoms with Crippen LogP contribution in [0.4, 0.5) is 0 Å². The number of rotatable bonds is 0. The highest BCUT2D eigenvalue weighted by atomic mass is 32.4. The smallest absolute Gasteiger partial charge is 0.258 e. The Morgan fingerprint density at radius 3 is 1.82 bits per heavy atom. The third kappa shape index (κ3) is 1.78. The highest BCUT2D eigenvalue weighted by Crippen LogP contribution is 2.39. The van der Waals surface area contributed by atoms with Crippen molar-refractivity contribution in [1.82, 2.24) is 0 Å². The molecule has 3 heteroatoms. The van der Waals surface area contributed by atoms with Gasteiger partial charge in [-0.3, -0.25) is 0 Å². The van der Waals surface area contributed by atoms with Crippen LogP contribution in [0.2, 0.25) is 0 Å². The first kappa shape index (κ1) is 10.9. The highest BCUT2D eigenvalue weighted by molar-refractivity contribution is 8.17. The molecule has 3 aromatic rings. The summed E-state index contributed by atoms with van der Waals surface area (Å²) in [4.78, 5) is 0. The molecule has 84 valence electrons. The van der Waals surface area contributed by atoms with Crippen molar-refractivity contribution < 1.29 is 4.42 Å². The molecule has 0 aliphatic carbocycles. The Bertz CT molecular complexity index is 726. The van der Waals surface area contributed by atoms with E-state index in [9.17, 15) is 0 Å². The standard InChI is InChI=1S/C14H12OPS/c1-9-3-5-11-13(7-9)16(17)14-8-10(2)4-6-12(14)15-11/h3-8H,1-2H3/q+1. The lowest BCUT2D eigenvalue weighted by Crippen LogP contribution is -1.76. The molecule has 0 unspecified atom stereocenters. The van der Waals surface area contributed by atoms with Gasteiger partial charge in [0.2, 0.25) is 10.2 Å². The third-order valence-corrected chi connectivity index (χ3v) is 5.64. The molecule has 1 heterocycles. The van der Waals surface area contributed by atoms with E-state index >= 15 is 0 Å². The van der Waals surface area contributed by atoms with Gasteiger partial charge >= 0.3 is 0 Å². The van der Waals surface area contributed by atoms with E-state index < -0.39 is 6.31 Å². The van der Waals surface area contributed by atoms with Crippen LogP contribution in [0.5, 0.6) is 0 Å². The minimum absolute atomic E-state index is 0.697. The van der Waals surface area contributed by atoms with Crippen molar-refractivity contribution >= 4 is 39.5 Å². The highest BCUT2D eigenvalue weighted by Gasteiger charge is 2.14. The van der Waals surface area contributed by atoms with Gasteiger partial charge in [-0.05, 0) is 49.2 Å². The second-order valence-electron chi connectivity index (χ2n) is 4.34. The van der Waals surface area contributed by atoms with E-state index in [1.165, 1.54) is 21.4 Å². The largest absolute Gasteiger partial charge is 0.448 e. The van der Waals surface area contributed by atoms with Crippen molar-refractivity contribution in [3.63, 3.8) is 0 Å². The first-order chi connectivity index (χ1) is 8.15. The van der Waals surface area contributed by atoms with Gasteiger partial charge in [-0.1, -0.05) is 12.1 Å². The van der Waals surface area contributed by atoms with Crippen LogP contribution in [0.25, 0.3) is 21.4 Å². The number of hydrogen-bond donors (Lipinski definition) is 0. The Kier molecular flexibility index (Phi) is 2.50. The molecule has 0 bridgehead atoms. The van der Waals surface area contributed by atoms with Crippen molar-refractivity contribution in [3.05, 3.63) is 47.5 Å². The van der Waals surface area contributed by atoms with E-state index in [4.69, 9.17) is 16.2 Å². The molecule has 0 N–H and O–H groups in total. The molecule has 1 aromatic heterocycles. The van der Waals surface area contributed by atoms with E-state index in [1.807, 2.05) is 12.1 Å². The van der Waals surface area contributed by atoms with E-state index in [-0.39, 0.29) is 0 Å². The van der Waals surface area contributed by atoms with Gasteiger partial charge in [-0.25, -0.2) is 0 Å². The quantitative estimate of drug-likeness (QED) is 0.479. The SMILES string of the molecule is Cc1ccc2oc3ccc(C)cc3[p+](=S)c2c1. The number of aryl methyl sites for hydroxylation is 2. The molecular weight excluding hydrogens is 247 g/mol. The van der Waals surface area contributed by atoms with Gasteiger partial charge in [0, 0.05) is 0 Å². The summed E-state index contributed by atoms with van der Waals surface area (Å²) in [5.74, 6) is 0. The first-order valence-electron chi connectivity index (χ1n) is 5.51. The number of hydrogen-bond acceptors (Lipinski definition) is 2. The van der Waals surface area contributed by atoms with Crippen molar-refractivity contribution in [2.75, 3.05) is 0 Å². The number of benzene rings is 2. The summed E-state index contributed by atoms with van der Waals surface area (Å²) in [7, 11) is 0. The lowest BCUT2D eigenvalue weighted by Gasteiger charge is -1.97. The molecule has 17 heavy (non-hydrogen) atoms. The number of fused-ring (bicyclic) bond motifs is 2. The Hall–Kier alpha value is -1.24. The van der Waals surface area contributed by atoms with Crippen LogP contribution in [0.1, 0.15) is 11.1 Å². The Labute approximate surface area is 105 Å². The van der Waals surface area contributed by atoms with Crippen molar-refractivity contribution in [2.45, 2.75) is 13.8 Å². The predicted octanol–water partition coefficient (Wildman–Crippen LogP) is 5.71. The van der Waals surface area contributed by atoms with Crippen LogP contribution in [-0.4, -0.2) is 0 Å². The van der Waals surface area contributed by atoms with Crippen LogP contribution in [0, 0.1) is 13.8 Å². The van der Waals surface area contributed by atoms with Gasteiger partial charge in [0.05, 0.1) is 0 Å². The topological polar surface area (TPSA) is 13.1 Å². The molecule has 0 aliphatic rings. The zero-order chi connectivity index (χ0) is 12.0. The molecule has 0 aliphatic heterocycles. The summed E-state index contributed by atoms with van der Waals surface area (Å²) in [6.45, 7) is 4.18. The molecular formula is C14H12OPS+. The van der Waals surface area contributed by atoms with Crippen LogP contribution in [0.15, 0.2) is 40.8 Å². The minimum Gasteiger partial charge on any atom is -0.448 e. The Balaban J connectivity index is 2.58. The van der Waals surface area contributed by atoms with Crippen molar-refractivity contribution in [2.24, 2.45) is 0 Å². The normalized spacial score (nSPS) is 11.2. The molecule has 1 nitrogen and oxygen atoms in total.